The largest absolute Gasteiger partial charge is 0.344 e. The zero-order valence-corrected chi connectivity index (χ0v) is 12.6. The molecule has 1 amide bonds. The van der Waals surface area contributed by atoms with Crippen LogP contribution in [0.25, 0.3) is 0 Å². The first kappa shape index (κ1) is 16.0. The average molecular weight is 287 g/mol. The summed E-state index contributed by atoms with van der Waals surface area (Å²) >= 11 is 0. The van der Waals surface area contributed by atoms with Crippen LogP contribution in [-0.4, -0.2) is 41.2 Å². The van der Waals surface area contributed by atoms with E-state index in [9.17, 15) is 4.79 Å². The Hall–Kier alpha value is -1.07. The third kappa shape index (κ3) is 3.70. The summed E-state index contributed by atoms with van der Waals surface area (Å²) in [6.07, 6.45) is 7.46. The number of nitrogens with zero attached hydrogens (tertiary/aromatic N) is 3. The molecule has 1 saturated carbocycles. The fourth-order valence-corrected chi connectivity index (χ4v) is 2.39. The number of carbonyl (C=O) groups excluding carboxylic acids is 1. The maximum atomic E-state index is 12.4. The SMILES string of the molecule is CNC(C(=O)N(C)CC1CCC1)c1cnn(C)c1.Cl. The van der Waals surface area contributed by atoms with Gasteiger partial charge in [-0.1, -0.05) is 6.42 Å². The Labute approximate surface area is 120 Å². The van der Waals surface area contributed by atoms with Crippen molar-refractivity contribution < 1.29 is 4.79 Å². The van der Waals surface area contributed by atoms with Gasteiger partial charge in [0, 0.05) is 32.4 Å². The van der Waals surface area contributed by atoms with E-state index in [0.717, 1.165) is 12.1 Å². The normalized spacial score (nSPS) is 16.4. The van der Waals surface area contributed by atoms with E-state index in [1.807, 2.05) is 32.2 Å². The number of rotatable bonds is 5. The van der Waals surface area contributed by atoms with Gasteiger partial charge in [-0.25, -0.2) is 0 Å². The maximum Gasteiger partial charge on any atom is 0.244 e. The van der Waals surface area contributed by atoms with Crippen molar-refractivity contribution in [2.24, 2.45) is 13.0 Å². The Morgan fingerprint density at radius 1 is 1.63 bits per heavy atom. The summed E-state index contributed by atoms with van der Waals surface area (Å²) in [6.45, 7) is 0.872. The van der Waals surface area contributed by atoms with Gasteiger partial charge >= 0.3 is 0 Å². The van der Waals surface area contributed by atoms with Crippen molar-refractivity contribution in [3.8, 4) is 0 Å². The minimum atomic E-state index is -0.288. The molecule has 1 heterocycles. The van der Waals surface area contributed by atoms with E-state index in [1.165, 1.54) is 19.3 Å². The van der Waals surface area contributed by atoms with Crippen LogP contribution in [0.3, 0.4) is 0 Å². The Kier molecular flexibility index (Phi) is 5.82. The Bertz CT molecular complexity index is 417. The van der Waals surface area contributed by atoms with Crippen LogP contribution in [0.1, 0.15) is 30.9 Å². The molecule has 0 bridgehead atoms. The van der Waals surface area contributed by atoms with Gasteiger partial charge < -0.3 is 10.2 Å². The third-order valence-electron chi connectivity index (χ3n) is 3.73. The number of amides is 1. The molecule has 1 aliphatic carbocycles. The van der Waals surface area contributed by atoms with Gasteiger partial charge in [0.15, 0.2) is 0 Å². The average Bonchev–Trinajstić information content (AvgIpc) is 2.71. The molecule has 5 nitrogen and oxygen atoms in total. The highest BCUT2D eigenvalue weighted by Gasteiger charge is 2.27. The fraction of sp³-hybridized carbons (Fsp3) is 0.692. The lowest BCUT2D eigenvalue weighted by Crippen LogP contribution is -2.40. The number of hydrogen-bond donors (Lipinski definition) is 1. The van der Waals surface area contributed by atoms with Gasteiger partial charge in [0.25, 0.3) is 0 Å². The van der Waals surface area contributed by atoms with Crippen LogP contribution < -0.4 is 5.32 Å². The van der Waals surface area contributed by atoms with E-state index < -0.39 is 0 Å². The molecular weight excluding hydrogens is 264 g/mol. The summed E-state index contributed by atoms with van der Waals surface area (Å²) < 4.78 is 1.72. The number of hydrogen-bond acceptors (Lipinski definition) is 3. The zero-order valence-electron chi connectivity index (χ0n) is 11.8. The minimum absolute atomic E-state index is 0. The van der Waals surface area contributed by atoms with Crippen LogP contribution in [0.5, 0.6) is 0 Å². The molecule has 0 aliphatic heterocycles. The van der Waals surface area contributed by atoms with Gasteiger partial charge in [0.05, 0.1) is 6.20 Å². The summed E-state index contributed by atoms with van der Waals surface area (Å²) in [4.78, 5) is 14.2. The van der Waals surface area contributed by atoms with Crippen molar-refractivity contribution in [2.75, 3.05) is 20.6 Å². The molecule has 1 aromatic heterocycles. The van der Waals surface area contributed by atoms with E-state index >= 15 is 0 Å². The topological polar surface area (TPSA) is 50.2 Å². The van der Waals surface area contributed by atoms with Crippen molar-refractivity contribution in [3.63, 3.8) is 0 Å². The highest BCUT2D eigenvalue weighted by Crippen LogP contribution is 2.27. The molecule has 0 aromatic carbocycles. The molecule has 0 radical (unpaired) electrons. The molecule has 19 heavy (non-hydrogen) atoms. The smallest absolute Gasteiger partial charge is 0.244 e. The zero-order chi connectivity index (χ0) is 13.1. The lowest BCUT2D eigenvalue weighted by atomic mass is 9.85. The van der Waals surface area contributed by atoms with E-state index in [2.05, 4.69) is 10.4 Å². The first-order chi connectivity index (χ1) is 8.61. The number of aromatic nitrogens is 2. The summed E-state index contributed by atoms with van der Waals surface area (Å²) in [7, 11) is 5.56. The van der Waals surface area contributed by atoms with Gasteiger partial charge in [-0.3, -0.25) is 9.48 Å². The van der Waals surface area contributed by atoms with Crippen LogP contribution in [0.4, 0.5) is 0 Å². The molecule has 1 N–H and O–H groups in total. The first-order valence-corrected chi connectivity index (χ1v) is 6.52. The molecule has 0 saturated heterocycles. The van der Waals surface area contributed by atoms with Crippen LogP contribution in [0.2, 0.25) is 0 Å². The summed E-state index contributed by atoms with van der Waals surface area (Å²) in [5.41, 5.74) is 0.922. The summed E-state index contributed by atoms with van der Waals surface area (Å²) in [5.74, 6) is 0.822. The highest BCUT2D eigenvalue weighted by molar-refractivity contribution is 5.85. The second-order valence-corrected chi connectivity index (χ2v) is 5.18. The predicted molar refractivity (Wildman–Crippen MR) is 77.2 cm³/mol. The molecule has 1 fully saturated rings. The number of halogens is 1. The number of carbonyl (C=O) groups is 1. The monoisotopic (exact) mass is 286 g/mol. The Balaban J connectivity index is 0.00000180. The van der Waals surface area contributed by atoms with E-state index in [4.69, 9.17) is 0 Å². The van der Waals surface area contributed by atoms with Crippen LogP contribution in [0.15, 0.2) is 12.4 Å². The van der Waals surface area contributed by atoms with Crippen molar-refractivity contribution >= 4 is 18.3 Å². The van der Waals surface area contributed by atoms with E-state index in [0.29, 0.717) is 5.92 Å². The molecule has 1 aromatic rings. The fourth-order valence-electron chi connectivity index (χ4n) is 2.39. The number of aryl methyl sites for hydroxylation is 1. The van der Waals surface area contributed by atoms with Gasteiger partial charge in [-0.2, -0.15) is 5.10 Å². The first-order valence-electron chi connectivity index (χ1n) is 6.52. The molecule has 1 aliphatic rings. The molecule has 108 valence electrons. The lowest BCUT2D eigenvalue weighted by molar-refractivity contribution is -0.133. The second kappa shape index (κ2) is 6.91. The summed E-state index contributed by atoms with van der Waals surface area (Å²) in [6, 6.07) is -0.288. The van der Waals surface area contributed by atoms with Crippen molar-refractivity contribution in [1.29, 1.82) is 0 Å². The standard InChI is InChI=1S/C13H22N4O.ClH/c1-14-12(11-7-15-17(3)9-11)13(18)16(2)8-10-5-4-6-10;/h7,9-10,12,14H,4-6,8H2,1-3H3;1H. The molecule has 1 unspecified atom stereocenters. The molecule has 2 rings (SSSR count). The molecule has 0 spiro atoms. The molecular formula is C13H23ClN4O. The van der Waals surface area contributed by atoms with Crippen LogP contribution in [-0.2, 0) is 11.8 Å². The van der Waals surface area contributed by atoms with Crippen molar-refractivity contribution in [3.05, 3.63) is 18.0 Å². The van der Waals surface area contributed by atoms with Gasteiger partial charge in [-0.15, -0.1) is 12.4 Å². The van der Waals surface area contributed by atoms with Crippen LogP contribution >= 0.6 is 12.4 Å². The quantitative estimate of drug-likeness (QED) is 0.889. The van der Waals surface area contributed by atoms with Gasteiger partial charge in [0.2, 0.25) is 5.91 Å². The van der Waals surface area contributed by atoms with Crippen LogP contribution in [0, 0.1) is 5.92 Å². The maximum absolute atomic E-state index is 12.4. The second-order valence-electron chi connectivity index (χ2n) is 5.18. The third-order valence-corrected chi connectivity index (χ3v) is 3.73. The van der Waals surface area contributed by atoms with E-state index in [1.54, 1.807) is 10.9 Å². The lowest BCUT2D eigenvalue weighted by Gasteiger charge is -2.31. The Morgan fingerprint density at radius 2 is 2.32 bits per heavy atom. The minimum Gasteiger partial charge on any atom is -0.344 e. The van der Waals surface area contributed by atoms with Gasteiger partial charge in [0.1, 0.15) is 6.04 Å². The van der Waals surface area contributed by atoms with E-state index in [-0.39, 0.29) is 24.4 Å². The van der Waals surface area contributed by atoms with Gasteiger partial charge in [-0.05, 0) is 25.8 Å². The Morgan fingerprint density at radius 3 is 2.74 bits per heavy atom. The highest BCUT2D eigenvalue weighted by atomic mass is 35.5. The molecule has 6 heteroatoms. The predicted octanol–water partition coefficient (Wildman–Crippen LogP) is 1.36. The van der Waals surface area contributed by atoms with Crippen molar-refractivity contribution in [1.82, 2.24) is 20.0 Å². The summed E-state index contributed by atoms with van der Waals surface area (Å²) in [5, 5.41) is 7.20. The number of likely N-dealkylation sites (N-methyl/N-ethyl adjacent to an activating group) is 2. The molecule has 1 atom stereocenters. The van der Waals surface area contributed by atoms with Crippen molar-refractivity contribution in [2.45, 2.75) is 25.3 Å². The number of nitrogens with one attached hydrogen (secondary N) is 1.